The number of benzene rings is 1. The van der Waals surface area contributed by atoms with Crippen LogP contribution in [0.2, 0.25) is 0 Å². The summed E-state index contributed by atoms with van der Waals surface area (Å²) in [6, 6.07) is 5.36. The van der Waals surface area contributed by atoms with Crippen molar-refractivity contribution in [3.8, 4) is 5.75 Å². The predicted octanol–water partition coefficient (Wildman–Crippen LogP) is 4.83. The Balaban J connectivity index is 1.89. The molecule has 2 amide bonds. The Morgan fingerprint density at radius 1 is 1.22 bits per heavy atom. The van der Waals surface area contributed by atoms with Crippen LogP contribution in [0.5, 0.6) is 5.75 Å². The number of nitrogens with one attached hydrogen (secondary N) is 2. The molecule has 0 spiro atoms. The highest BCUT2D eigenvalue weighted by Crippen LogP contribution is 2.42. The summed E-state index contributed by atoms with van der Waals surface area (Å²) >= 11 is 1.23. The number of amides is 2. The molecule has 0 fully saturated rings. The highest BCUT2D eigenvalue weighted by Gasteiger charge is 2.41. The van der Waals surface area contributed by atoms with Gasteiger partial charge in [-0.15, -0.1) is 13.2 Å². The summed E-state index contributed by atoms with van der Waals surface area (Å²) in [4.78, 5) is 39.4. The number of unbranched alkanes of at least 4 members (excludes halogenated alkanes) is 1. The van der Waals surface area contributed by atoms with E-state index in [1.807, 2.05) is 6.92 Å². The van der Waals surface area contributed by atoms with Gasteiger partial charge in [-0.25, -0.2) is 10.2 Å². The normalized spacial score (nSPS) is 17.8. The predicted molar refractivity (Wildman–Crippen MR) is 132 cm³/mol. The Hall–Kier alpha value is -3.15. The first-order valence-electron chi connectivity index (χ1n) is 11.8. The molecule has 0 bridgehead atoms. The Morgan fingerprint density at radius 3 is 2.59 bits per heavy atom. The summed E-state index contributed by atoms with van der Waals surface area (Å²) in [6.45, 7) is 7.56. The molecule has 1 aromatic rings. The lowest BCUT2D eigenvalue weighted by Gasteiger charge is -2.28. The number of alkyl halides is 3. The third-order valence-electron chi connectivity index (χ3n) is 5.28. The topological polar surface area (TPSA) is 97.0 Å². The monoisotopic (exact) mass is 541 g/mol. The van der Waals surface area contributed by atoms with Crippen LogP contribution in [0.3, 0.4) is 0 Å². The molecule has 2 aliphatic rings. The van der Waals surface area contributed by atoms with Gasteiger partial charge in [-0.05, 0) is 51.3 Å². The van der Waals surface area contributed by atoms with Crippen molar-refractivity contribution in [2.24, 2.45) is 5.92 Å². The van der Waals surface area contributed by atoms with Crippen LogP contribution in [0.15, 0.2) is 46.5 Å². The van der Waals surface area contributed by atoms with Crippen molar-refractivity contribution < 1.29 is 37.0 Å². The highest BCUT2D eigenvalue weighted by atomic mass is 32.2. The van der Waals surface area contributed by atoms with Gasteiger partial charge < -0.3 is 14.8 Å². The fourth-order valence-electron chi connectivity index (χ4n) is 3.79. The van der Waals surface area contributed by atoms with E-state index in [9.17, 15) is 27.6 Å². The summed E-state index contributed by atoms with van der Waals surface area (Å²) in [5, 5.41) is 4.19. The van der Waals surface area contributed by atoms with Crippen molar-refractivity contribution in [3.05, 3.63) is 52.1 Å². The number of hydrogen-bond acceptors (Lipinski definition) is 7. The van der Waals surface area contributed by atoms with E-state index < -0.39 is 29.7 Å². The van der Waals surface area contributed by atoms with E-state index in [1.165, 1.54) is 35.0 Å². The maximum absolute atomic E-state index is 13.5. The molecule has 2 N–H and O–H groups in total. The van der Waals surface area contributed by atoms with Gasteiger partial charge in [0.15, 0.2) is 5.78 Å². The fourth-order valence-corrected chi connectivity index (χ4v) is 4.91. The van der Waals surface area contributed by atoms with Crippen molar-refractivity contribution in [1.29, 1.82) is 0 Å². The van der Waals surface area contributed by atoms with Crippen LogP contribution >= 0.6 is 11.8 Å². The van der Waals surface area contributed by atoms with E-state index >= 15 is 0 Å². The SMILES string of the molecule is CCCCNC(=O)C1=CC(Cc2cccc(OC(F)(F)F)c2)C(=O)C2=C1SCN2NC(=O)OC(C)(C)C. The second kappa shape index (κ2) is 11.5. The van der Waals surface area contributed by atoms with Gasteiger partial charge in [-0.1, -0.05) is 43.3 Å². The quantitative estimate of drug-likeness (QED) is 0.455. The number of rotatable bonds is 8. The van der Waals surface area contributed by atoms with Gasteiger partial charge in [0, 0.05) is 12.5 Å². The van der Waals surface area contributed by atoms with E-state index in [4.69, 9.17) is 4.74 Å². The summed E-state index contributed by atoms with van der Waals surface area (Å²) in [5.74, 6) is -1.81. The first-order valence-corrected chi connectivity index (χ1v) is 12.8. The first kappa shape index (κ1) is 28.4. The number of hydrogen-bond donors (Lipinski definition) is 2. The Morgan fingerprint density at radius 2 is 1.95 bits per heavy atom. The molecule has 12 heteroatoms. The molecule has 1 aliphatic carbocycles. The third-order valence-corrected chi connectivity index (χ3v) is 6.37. The molecule has 1 aliphatic heterocycles. The van der Waals surface area contributed by atoms with E-state index in [2.05, 4.69) is 15.5 Å². The molecule has 0 saturated heterocycles. The Kier molecular flexibility index (Phi) is 8.83. The van der Waals surface area contributed by atoms with Crippen LogP contribution in [-0.4, -0.2) is 47.2 Å². The van der Waals surface area contributed by atoms with Gasteiger partial charge in [0.2, 0.25) is 0 Å². The largest absolute Gasteiger partial charge is 0.573 e. The molecule has 37 heavy (non-hydrogen) atoms. The smallest absolute Gasteiger partial charge is 0.443 e. The number of Topliss-reactive ketones (excluding diaryl/α,β-unsaturated/α-hetero) is 1. The van der Waals surface area contributed by atoms with Crippen molar-refractivity contribution in [1.82, 2.24) is 15.8 Å². The molecular weight excluding hydrogens is 511 g/mol. The van der Waals surface area contributed by atoms with E-state index in [1.54, 1.807) is 32.9 Å². The zero-order valence-electron chi connectivity index (χ0n) is 21.0. The molecule has 1 unspecified atom stereocenters. The summed E-state index contributed by atoms with van der Waals surface area (Å²) in [7, 11) is 0. The molecule has 3 rings (SSSR count). The lowest BCUT2D eigenvalue weighted by Crippen LogP contribution is -2.45. The third kappa shape index (κ3) is 7.91. The zero-order chi connectivity index (χ0) is 27.4. The molecule has 1 heterocycles. The summed E-state index contributed by atoms with van der Waals surface area (Å²) in [6.07, 6.45) is -2.37. The lowest BCUT2D eigenvalue weighted by molar-refractivity contribution is -0.274. The average molecular weight is 542 g/mol. The van der Waals surface area contributed by atoms with Gasteiger partial charge >= 0.3 is 12.5 Å². The van der Waals surface area contributed by atoms with Crippen molar-refractivity contribution in [3.63, 3.8) is 0 Å². The molecule has 0 saturated carbocycles. The molecule has 202 valence electrons. The minimum absolute atomic E-state index is 0.0291. The maximum Gasteiger partial charge on any atom is 0.573 e. The Bertz CT molecular complexity index is 1110. The van der Waals surface area contributed by atoms with Crippen LogP contribution in [0.4, 0.5) is 18.0 Å². The van der Waals surface area contributed by atoms with E-state index in [0.717, 1.165) is 12.8 Å². The maximum atomic E-state index is 13.5. The molecule has 8 nitrogen and oxygen atoms in total. The molecule has 1 atom stereocenters. The molecule has 1 aromatic carbocycles. The van der Waals surface area contributed by atoms with Gasteiger partial charge in [0.25, 0.3) is 5.91 Å². The number of carbonyl (C=O) groups excluding carboxylic acids is 3. The number of hydrazine groups is 1. The standard InChI is InChI=1S/C25H30F3N3O5S/c1-5-6-10-29-22(33)18-13-16(11-15-8-7-9-17(12-15)35-25(26,27)28)20(32)19-21(18)37-14-31(19)30-23(34)36-24(2,3)4/h7-9,12-13,16H,5-6,10-11,14H2,1-4H3,(H,29,33)(H,30,34). The summed E-state index contributed by atoms with van der Waals surface area (Å²) in [5.41, 5.74) is 2.66. The number of ether oxygens (including phenoxy) is 2. The van der Waals surface area contributed by atoms with Gasteiger partial charge in [-0.2, -0.15) is 0 Å². The van der Waals surface area contributed by atoms with Crippen LogP contribution in [0.25, 0.3) is 0 Å². The number of halogens is 3. The Labute approximate surface area is 217 Å². The first-order chi connectivity index (χ1) is 17.3. The van der Waals surface area contributed by atoms with Crippen LogP contribution < -0.4 is 15.5 Å². The minimum atomic E-state index is -4.85. The van der Waals surface area contributed by atoms with Crippen LogP contribution in [0, 0.1) is 5.92 Å². The number of nitrogens with zero attached hydrogens (tertiary/aromatic N) is 1. The zero-order valence-corrected chi connectivity index (χ0v) is 21.8. The van der Waals surface area contributed by atoms with Crippen LogP contribution in [-0.2, 0) is 20.7 Å². The van der Waals surface area contributed by atoms with Gasteiger partial charge in [-0.3, -0.25) is 14.6 Å². The van der Waals surface area contributed by atoms with Crippen molar-refractivity contribution in [2.45, 2.75) is 58.9 Å². The molecular formula is C25H30F3N3O5S. The summed E-state index contributed by atoms with van der Waals surface area (Å²) < 4.78 is 47.3. The fraction of sp³-hybridized carbons (Fsp3) is 0.480. The van der Waals surface area contributed by atoms with Crippen molar-refractivity contribution >= 4 is 29.5 Å². The second-order valence-corrected chi connectivity index (χ2v) is 10.5. The minimum Gasteiger partial charge on any atom is -0.443 e. The second-order valence-electron chi connectivity index (χ2n) is 9.55. The van der Waals surface area contributed by atoms with Crippen LogP contribution in [0.1, 0.15) is 46.1 Å². The molecule has 0 radical (unpaired) electrons. The van der Waals surface area contributed by atoms with E-state index in [0.29, 0.717) is 17.0 Å². The number of carbonyl (C=O) groups is 3. The average Bonchev–Trinajstić information content (AvgIpc) is 3.17. The number of allylic oxidation sites excluding steroid dienone is 2. The molecule has 0 aromatic heterocycles. The number of ketones is 1. The highest BCUT2D eigenvalue weighted by molar-refractivity contribution is 8.03. The lowest BCUT2D eigenvalue weighted by atomic mass is 9.86. The van der Waals surface area contributed by atoms with Crippen molar-refractivity contribution in [2.75, 3.05) is 12.4 Å². The number of thioether (sulfide) groups is 1. The van der Waals surface area contributed by atoms with Gasteiger partial charge in [0.1, 0.15) is 17.0 Å². The van der Waals surface area contributed by atoms with Gasteiger partial charge in [0.05, 0.1) is 16.4 Å². The van der Waals surface area contributed by atoms with E-state index in [-0.39, 0.29) is 35.3 Å².